The van der Waals surface area contributed by atoms with Gasteiger partial charge in [-0.1, -0.05) is 6.07 Å². The van der Waals surface area contributed by atoms with Crippen LogP contribution in [-0.2, 0) is 11.2 Å². The standard InChI is InChI=1S/C14H18O4S/c1-17-13-8-10(9-14(15)16)2-3-12(13)18-11-4-6-19-7-5-11/h2-3,8,11H,4-7,9H2,1H3,(H,15,16). The Balaban J connectivity index is 2.08. The fourth-order valence-electron chi connectivity index (χ4n) is 2.07. The molecule has 2 rings (SSSR count). The Labute approximate surface area is 117 Å². The lowest BCUT2D eigenvalue weighted by Crippen LogP contribution is -2.22. The van der Waals surface area contributed by atoms with E-state index in [1.807, 2.05) is 11.8 Å². The molecule has 0 unspecified atom stereocenters. The molecule has 5 heteroatoms. The Morgan fingerprint density at radius 3 is 2.74 bits per heavy atom. The molecular weight excluding hydrogens is 264 g/mol. The predicted octanol–water partition coefficient (Wildman–Crippen LogP) is 2.60. The summed E-state index contributed by atoms with van der Waals surface area (Å²) in [6, 6.07) is 5.32. The van der Waals surface area contributed by atoms with Crippen LogP contribution in [-0.4, -0.2) is 35.8 Å². The Bertz CT molecular complexity index is 441. The molecule has 1 aliphatic rings. The zero-order chi connectivity index (χ0) is 13.7. The molecule has 1 aromatic carbocycles. The van der Waals surface area contributed by atoms with Gasteiger partial charge in [0.05, 0.1) is 13.5 Å². The molecule has 0 aromatic heterocycles. The molecule has 4 nitrogen and oxygen atoms in total. The van der Waals surface area contributed by atoms with Gasteiger partial charge in [-0.25, -0.2) is 0 Å². The van der Waals surface area contributed by atoms with Crippen molar-refractivity contribution < 1.29 is 19.4 Å². The average molecular weight is 282 g/mol. The topological polar surface area (TPSA) is 55.8 Å². The van der Waals surface area contributed by atoms with Gasteiger partial charge in [0.2, 0.25) is 0 Å². The molecule has 0 radical (unpaired) electrons. The number of carbonyl (C=O) groups is 1. The van der Waals surface area contributed by atoms with Crippen LogP contribution in [0.5, 0.6) is 11.5 Å². The predicted molar refractivity (Wildman–Crippen MR) is 75.3 cm³/mol. The number of hydrogen-bond donors (Lipinski definition) is 1. The summed E-state index contributed by atoms with van der Waals surface area (Å²) in [7, 11) is 1.57. The molecule has 1 heterocycles. The summed E-state index contributed by atoms with van der Waals surface area (Å²) in [6.07, 6.45) is 2.33. The van der Waals surface area contributed by atoms with E-state index in [0.717, 1.165) is 29.9 Å². The number of ether oxygens (including phenoxy) is 2. The fraction of sp³-hybridized carbons (Fsp3) is 0.500. The summed E-state index contributed by atoms with van der Waals surface area (Å²) in [5.74, 6) is 2.72. The number of hydrogen-bond acceptors (Lipinski definition) is 4. The number of methoxy groups -OCH3 is 1. The van der Waals surface area contributed by atoms with Crippen LogP contribution in [0, 0.1) is 0 Å². The van der Waals surface area contributed by atoms with E-state index in [-0.39, 0.29) is 12.5 Å². The van der Waals surface area contributed by atoms with Crippen molar-refractivity contribution >= 4 is 17.7 Å². The van der Waals surface area contributed by atoms with E-state index in [9.17, 15) is 4.79 Å². The summed E-state index contributed by atoms with van der Waals surface area (Å²) >= 11 is 1.95. The lowest BCUT2D eigenvalue weighted by atomic mass is 10.1. The highest BCUT2D eigenvalue weighted by Crippen LogP contribution is 2.31. The van der Waals surface area contributed by atoms with Crippen LogP contribution >= 0.6 is 11.8 Å². The van der Waals surface area contributed by atoms with E-state index in [0.29, 0.717) is 11.5 Å². The number of rotatable bonds is 5. The minimum Gasteiger partial charge on any atom is -0.493 e. The third-order valence-corrected chi connectivity index (χ3v) is 4.09. The van der Waals surface area contributed by atoms with Gasteiger partial charge in [-0.05, 0) is 42.0 Å². The van der Waals surface area contributed by atoms with Crippen LogP contribution in [0.3, 0.4) is 0 Å². The van der Waals surface area contributed by atoms with Crippen LogP contribution in [0.2, 0.25) is 0 Å². The first-order valence-electron chi connectivity index (χ1n) is 6.32. The van der Waals surface area contributed by atoms with Crippen molar-refractivity contribution in [3.05, 3.63) is 23.8 Å². The van der Waals surface area contributed by atoms with E-state index in [1.165, 1.54) is 0 Å². The Hall–Kier alpha value is -1.36. The molecule has 0 atom stereocenters. The molecule has 1 aromatic rings. The zero-order valence-electron chi connectivity index (χ0n) is 10.9. The first kappa shape index (κ1) is 14.1. The molecule has 104 valence electrons. The third-order valence-electron chi connectivity index (χ3n) is 3.05. The van der Waals surface area contributed by atoms with E-state index >= 15 is 0 Å². The van der Waals surface area contributed by atoms with Gasteiger partial charge in [-0.15, -0.1) is 0 Å². The molecule has 1 fully saturated rings. The van der Waals surface area contributed by atoms with Crippen LogP contribution in [0.4, 0.5) is 0 Å². The van der Waals surface area contributed by atoms with Gasteiger partial charge in [0.1, 0.15) is 6.10 Å². The molecule has 1 saturated heterocycles. The van der Waals surface area contributed by atoms with Crippen molar-refractivity contribution in [2.24, 2.45) is 0 Å². The minimum atomic E-state index is -0.847. The summed E-state index contributed by atoms with van der Waals surface area (Å²) < 4.78 is 11.2. The van der Waals surface area contributed by atoms with Crippen molar-refractivity contribution in [2.45, 2.75) is 25.4 Å². The molecule has 1 N–H and O–H groups in total. The van der Waals surface area contributed by atoms with E-state index in [1.54, 1.807) is 25.3 Å². The van der Waals surface area contributed by atoms with Gasteiger partial charge in [-0.2, -0.15) is 11.8 Å². The lowest BCUT2D eigenvalue weighted by molar-refractivity contribution is -0.136. The maximum atomic E-state index is 10.7. The molecule has 0 aliphatic carbocycles. The van der Waals surface area contributed by atoms with Crippen LogP contribution in [0.25, 0.3) is 0 Å². The highest BCUT2D eigenvalue weighted by Gasteiger charge is 2.17. The number of carboxylic acid groups (broad SMARTS) is 1. The van der Waals surface area contributed by atoms with Gasteiger partial charge in [0.25, 0.3) is 0 Å². The highest BCUT2D eigenvalue weighted by molar-refractivity contribution is 7.99. The summed E-state index contributed by atoms with van der Waals surface area (Å²) in [5.41, 5.74) is 0.718. The van der Waals surface area contributed by atoms with E-state index in [2.05, 4.69) is 0 Å². The zero-order valence-corrected chi connectivity index (χ0v) is 11.7. The van der Waals surface area contributed by atoms with E-state index < -0.39 is 5.97 Å². The number of benzene rings is 1. The largest absolute Gasteiger partial charge is 0.493 e. The van der Waals surface area contributed by atoms with Gasteiger partial charge >= 0.3 is 5.97 Å². The lowest BCUT2D eigenvalue weighted by Gasteiger charge is -2.23. The third kappa shape index (κ3) is 4.06. The van der Waals surface area contributed by atoms with Crippen molar-refractivity contribution in [1.82, 2.24) is 0 Å². The second kappa shape index (κ2) is 6.70. The smallest absolute Gasteiger partial charge is 0.307 e. The van der Waals surface area contributed by atoms with Crippen molar-refractivity contribution in [1.29, 1.82) is 0 Å². The molecule has 19 heavy (non-hydrogen) atoms. The second-order valence-corrected chi connectivity index (χ2v) is 5.71. The van der Waals surface area contributed by atoms with E-state index in [4.69, 9.17) is 14.6 Å². The molecule has 0 saturated carbocycles. The van der Waals surface area contributed by atoms with Gasteiger partial charge in [-0.3, -0.25) is 4.79 Å². The minimum absolute atomic E-state index is 0.00327. The Morgan fingerprint density at radius 2 is 2.11 bits per heavy atom. The number of aliphatic carboxylic acids is 1. The quantitative estimate of drug-likeness (QED) is 0.899. The molecular formula is C14H18O4S. The number of carboxylic acids is 1. The SMILES string of the molecule is COc1cc(CC(=O)O)ccc1OC1CCSCC1. The number of thioether (sulfide) groups is 1. The molecule has 0 bridgehead atoms. The average Bonchev–Trinajstić information content (AvgIpc) is 2.41. The normalized spacial score (nSPS) is 16.1. The Morgan fingerprint density at radius 1 is 1.37 bits per heavy atom. The summed E-state index contributed by atoms with van der Waals surface area (Å²) in [4.78, 5) is 10.7. The monoisotopic (exact) mass is 282 g/mol. The maximum absolute atomic E-state index is 10.7. The second-order valence-electron chi connectivity index (χ2n) is 4.49. The van der Waals surface area contributed by atoms with Crippen LogP contribution < -0.4 is 9.47 Å². The van der Waals surface area contributed by atoms with Crippen LogP contribution in [0.1, 0.15) is 18.4 Å². The van der Waals surface area contributed by atoms with Crippen molar-refractivity contribution in [3.63, 3.8) is 0 Å². The van der Waals surface area contributed by atoms with Gasteiger partial charge in [0, 0.05) is 0 Å². The first-order valence-corrected chi connectivity index (χ1v) is 7.47. The van der Waals surface area contributed by atoms with Gasteiger partial charge in [0.15, 0.2) is 11.5 Å². The molecule has 0 spiro atoms. The fourth-order valence-corrected chi connectivity index (χ4v) is 3.13. The Kier molecular flexibility index (Phi) is 4.96. The molecule has 1 aliphatic heterocycles. The molecule has 0 amide bonds. The summed E-state index contributed by atoms with van der Waals surface area (Å²) in [5, 5.41) is 8.79. The first-order chi connectivity index (χ1) is 9.19. The van der Waals surface area contributed by atoms with Crippen molar-refractivity contribution in [2.75, 3.05) is 18.6 Å². The van der Waals surface area contributed by atoms with Gasteiger partial charge < -0.3 is 14.6 Å². The highest BCUT2D eigenvalue weighted by atomic mass is 32.2. The van der Waals surface area contributed by atoms with Crippen LogP contribution in [0.15, 0.2) is 18.2 Å². The maximum Gasteiger partial charge on any atom is 0.307 e. The summed E-state index contributed by atoms with van der Waals surface area (Å²) in [6.45, 7) is 0. The van der Waals surface area contributed by atoms with Crippen molar-refractivity contribution in [3.8, 4) is 11.5 Å².